The van der Waals surface area contributed by atoms with Gasteiger partial charge in [0.1, 0.15) is 6.61 Å². The zero-order chi connectivity index (χ0) is 12.0. The molecule has 0 aliphatic rings. The van der Waals surface area contributed by atoms with E-state index in [0.717, 1.165) is 12.1 Å². The summed E-state index contributed by atoms with van der Waals surface area (Å²) in [6, 6.07) is 4.81. The first-order chi connectivity index (χ1) is 7.65. The Bertz CT molecular complexity index is 329. The summed E-state index contributed by atoms with van der Waals surface area (Å²) in [4.78, 5) is 0. The molecular weight excluding hydrogens is 209 g/mol. The minimum Gasteiger partial charge on any atom is -0.487 e. The lowest BCUT2D eigenvalue weighted by Gasteiger charge is -2.13. The van der Waals surface area contributed by atoms with Crippen LogP contribution in [0.2, 0.25) is 0 Å². The SMILES string of the molecule is CCNCc1cccc(F)c1OCC(C)O. The molecule has 4 heteroatoms. The number of para-hydroxylation sites is 1. The van der Waals surface area contributed by atoms with Gasteiger partial charge in [0, 0.05) is 12.1 Å². The molecule has 0 aliphatic carbocycles. The molecule has 1 rings (SSSR count). The second-order valence-electron chi connectivity index (χ2n) is 3.67. The van der Waals surface area contributed by atoms with Gasteiger partial charge in [0.25, 0.3) is 0 Å². The molecule has 3 nitrogen and oxygen atoms in total. The first-order valence-electron chi connectivity index (χ1n) is 5.44. The van der Waals surface area contributed by atoms with Crippen LogP contribution >= 0.6 is 0 Å². The fourth-order valence-electron chi connectivity index (χ4n) is 1.32. The lowest BCUT2D eigenvalue weighted by atomic mass is 10.2. The number of hydrogen-bond donors (Lipinski definition) is 2. The first kappa shape index (κ1) is 12.9. The molecule has 0 saturated heterocycles. The molecule has 0 heterocycles. The van der Waals surface area contributed by atoms with Gasteiger partial charge in [0.2, 0.25) is 0 Å². The summed E-state index contributed by atoms with van der Waals surface area (Å²) < 4.78 is 18.8. The molecule has 0 spiro atoms. The molecule has 1 aromatic rings. The van der Waals surface area contributed by atoms with Crippen LogP contribution < -0.4 is 10.1 Å². The third-order valence-electron chi connectivity index (χ3n) is 2.08. The van der Waals surface area contributed by atoms with Crippen molar-refractivity contribution in [1.82, 2.24) is 5.32 Å². The van der Waals surface area contributed by atoms with Gasteiger partial charge in [-0.2, -0.15) is 0 Å². The average Bonchev–Trinajstić information content (AvgIpc) is 2.24. The number of benzene rings is 1. The molecule has 1 unspecified atom stereocenters. The van der Waals surface area contributed by atoms with Gasteiger partial charge < -0.3 is 15.2 Å². The van der Waals surface area contributed by atoms with Crippen LogP contribution in [-0.4, -0.2) is 24.4 Å². The number of aliphatic hydroxyl groups is 1. The molecule has 90 valence electrons. The highest BCUT2D eigenvalue weighted by Gasteiger charge is 2.10. The van der Waals surface area contributed by atoms with E-state index in [1.807, 2.05) is 13.0 Å². The summed E-state index contributed by atoms with van der Waals surface area (Å²) in [6.45, 7) is 5.05. The Balaban J connectivity index is 2.77. The van der Waals surface area contributed by atoms with Gasteiger partial charge in [-0.3, -0.25) is 0 Å². The molecule has 1 atom stereocenters. The van der Waals surface area contributed by atoms with Crippen LogP contribution in [0.3, 0.4) is 0 Å². The van der Waals surface area contributed by atoms with Crippen LogP contribution in [0.5, 0.6) is 5.75 Å². The topological polar surface area (TPSA) is 41.5 Å². The Morgan fingerprint density at radius 2 is 2.25 bits per heavy atom. The lowest BCUT2D eigenvalue weighted by molar-refractivity contribution is 0.119. The molecule has 0 radical (unpaired) electrons. The number of nitrogens with one attached hydrogen (secondary N) is 1. The number of hydrogen-bond acceptors (Lipinski definition) is 3. The van der Waals surface area contributed by atoms with Crippen LogP contribution in [0, 0.1) is 5.82 Å². The van der Waals surface area contributed by atoms with Crippen LogP contribution in [0.15, 0.2) is 18.2 Å². The van der Waals surface area contributed by atoms with Crippen LogP contribution in [0.1, 0.15) is 19.4 Å². The molecule has 0 aromatic heterocycles. The summed E-state index contributed by atoms with van der Waals surface area (Å²) in [5.74, 6) is -0.166. The van der Waals surface area contributed by atoms with Crippen LogP contribution in [0.4, 0.5) is 4.39 Å². The van der Waals surface area contributed by atoms with Gasteiger partial charge in [-0.25, -0.2) is 4.39 Å². The molecule has 0 bridgehead atoms. The van der Waals surface area contributed by atoms with E-state index < -0.39 is 11.9 Å². The second kappa shape index (κ2) is 6.45. The summed E-state index contributed by atoms with van der Waals surface area (Å²) in [7, 11) is 0. The Labute approximate surface area is 95.2 Å². The summed E-state index contributed by atoms with van der Waals surface area (Å²) in [5, 5.41) is 12.2. The summed E-state index contributed by atoms with van der Waals surface area (Å²) >= 11 is 0. The maximum Gasteiger partial charge on any atom is 0.165 e. The largest absolute Gasteiger partial charge is 0.487 e. The van der Waals surface area contributed by atoms with E-state index in [4.69, 9.17) is 9.84 Å². The zero-order valence-electron chi connectivity index (χ0n) is 9.66. The van der Waals surface area contributed by atoms with Crippen molar-refractivity contribution in [3.8, 4) is 5.75 Å². The molecule has 2 N–H and O–H groups in total. The van der Waals surface area contributed by atoms with E-state index in [9.17, 15) is 4.39 Å². The fraction of sp³-hybridized carbons (Fsp3) is 0.500. The van der Waals surface area contributed by atoms with Crippen molar-refractivity contribution in [2.45, 2.75) is 26.5 Å². The Hall–Kier alpha value is -1.13. The van der Waals surface area contributed by atoms with Crippen LogP contribution in [0.25, 0.3) is 0 Å². The van der Waals surface area contributed by atoms with Gasteiger partial charge in [-0.15, -0.1) is 0 Å². The quantitative estimate of drug-likeness (QED) is 0.777. The molecule has 0 fully saturated rings. The number of halogens is 1. The predicted octanol–water partition coefficient (Wildman–Crippen LogP) is 1.69. The van der Waals surface area contributed by atoms with Crippen molar-refractivity contribution in [1.29, 1.82) is 0 Å². The third kappa shape index (κ3) is 3.79. The average molecular weight is 227 g/mol. The predicted molar refractivity (Wildman–Crippen MR) is 61.0 cm³/mol. The summed E-state index contributed by atoms with van der Waals surface area (Å²) in [6.07, 6.45) is -0.605. The van der Waals surface area contributed by atoms with E-state index in [2.05, 4.69) is 5.32 Å². The molecule has 1 aromatic carbocycles. The van der Waals surface area contributed by atoms with Crippen molar-refractivity contribution < 1.29 is 14.2 Å². The summed E-state index contributed by atoms with van der Waals surface area (Å²) in [5.41, 5.74) is 0.766. The van der Waals surface area contributed by atoms with Gasteiger partial charge >= 0.3 is 0 Å². The highest BCUT2D eigenvalue weighted by atomic mass is 19.1. The molecule has 16 heavy (non-hydrogen) atoms. The molecule has 0 amide bonds. The number of ether oxygens (including phenoxy) is 1. The Kier molecular flexibility index (Phi) is 5.22. The van der Waals surface area contributed by atoms with Gasteiger partial charge in [0.15, 0.2) is 11.6 Å². The van der Waals surface area contributed by atoms with Crippen molar-refractivity contribution in [3.05, 3.63) is 29.6 Å². The normalized spacial score (nSPS) is 12.5. The fourth-order valence-corrected chi connectivity index (χ4v) is 1.32. The highest BCUT2D eigenvalue weighted by Crippen LogP contribution is 2.22. The van der Waals surface area contributed by atoms with Crippen LogP contribution in [-0.2, 0) is 6.54 Å². The number of aliphatic hydroxyl groups excluding tert-OH is 1. The molecule has 0 saturated carbocycles. The third-order valence-corrected chi connectivity index (χ3v) is 2.08. The van der Waals surface area contributed by atoms with Crippen molar-refractivity contribution in [2.75, 3.05) is 13.2 Å². The van der Waals surface area contributed by atoms with Crippen molar-refractivity contribution in [2.24, 2.45) is 0 Å². The smallest absolute Gasteiger partial charge is 0.165 e. The van der Waals surface area contributed by atoms with Crippen molar-refractivity contribution >= 4 is 0 Å². The first-order valence-corrected chi connectivity index (χ1v) is 5.44. The maximum absolute atomic E-state index is 13.5. The van der Waals surface area contributed by atoms with Gasteiger partial charge in [0.05, 0.1) is 6.10 Å². The number of rotatable bonds is 6. The van der Waals surface area contributed by atoms with Gasteiger partial charge in [-0.05, 0) is 19.5 Å². The van der Waals surface area contributed by atoms with Crippen molar-refractivity contribution in [3.63, 3.8) is 0 Å². The maximum atomic E-state index is 13.5. The highest BCUT2D eigenvalue weighted by molar-refractivity contribution is 5.34. The van der Waals surface area contributed by atoms with E-state index in [1.165, 1.54) is 6.07 Å². The molecular formula is C12H18FNO2. The molecule has 0 aliphatic heterocycles. The lowest BCUT2D eigenvalue weighted by Crippen LogP contribution is -2.17. The van der Waals surface area contributed by atoms with E-state index in [0.29, 0.717) is 6.54 Å². The minimum absolute atomic E-state index is 0.0973. The van der Waals surface area contributed by atoms with E-state index in [1.54, 1.807) is 13.0 Å². The zero-order valence-corrected chi connectivity index (χ0v) is 9.66. The minimum atomic E-state index is -0.605. The van der Waals surface area contributed by atoms with E-state index >= 15 is 0 Å². The Morgan fingerprint density at radius 3 is 2.88 bits per heavy atom. The van der Waals surface area contributed by atoms with Gasteiger partial charge in [-0.1, -0.05) is 19.1 Å². The Morgan fingerprint density at radius 1 is 1.50 bits per heavy atom. The monoisotopic (exact) mass is 227 g/mol. The standard InChI is InChI=1S/C12H18FNO2/c1-3-14-7-10-5-4-6-11(13)12(10)16-8-9(2)15/h4-6,9,14-15H,3,7-8H2,1-2H3. The second-order valence-corrected chi connectivity index (χ2v) is 3.67. The van der Waals surface area contributed by atoms with E-state index in [-0.39, 0.29) is 12.4 Å².